The number of fused-ring (bicyclic) bond motifs is 1. The number of hydrogen-bond donors (Lipinski definition) is 2. The molecule has 2 N–H and O–H groups in total. The van der Waals surface area contributed by atoms with E-state index in [0.717, 1.165) is 38.5 Å². The second-order valence-corrected chi connectivity index (χ2v) is 7.55. The van der Waals surface area contributed by atoms with Crippen molar-refractivity contribution in [2.24, 2.45) is 0 Å². The normalized spacial score (nSPS) is 13.6. The van der Waals surface area contributed by atoms with Gasteiger partial charge in [0.25, 0.3) is 5.91 Å². The van der Waals surface area contributed by atoms with Gasteiger partial charge in [0.05, 0.1) is 0 Å². The summed E-state index contributed by atoms with van der Waals surface area (Å²) in [6.45, 7) is 4.32. The molecule has 33 heavy (non-hydrogen) atoms. The van der Waals surface area contributed by atoms with Gasteiger partial charge in [-0.2, -0.15) is 0 Å². The van der Waals surface area contributed by atoms with Gasteiger partial charge in [0.15, 0.2) is 6.61 Å². The first-order valence-corrected chi connectivity index (χ1v) is 10.5. The molecule has 0 radical (unpaired) electrons. The van der Waals surface area contributed by atoms with E-state index in [1.807, 2.05) is 35.2 Å². The summed E-state index contributed by atoms with van der Waals surface area (Å²) in [5.41, 5.74) is 1.32. The van der Waals surface area contributed by atoms with Crippen LogP contribution in [0.25, 0.3) is 10.8 Å². The van der Waals surface area contributed by atoms with Crippen LogP contribution in [-0.4, -0.2) is 70.6 Å². The number of para-hydroxylation sites is 1. The third-order valence-electron chi connectivity index (χ3n) is 5.23. The van der Waals surface area contributed by atoms with Gasteiger partial charge in [-0.3, -0.25) is 9.69 Å². The third-order valence-corrected chi connectivity index (χ3v) is 5.23. The fourth-order valence-corrected chi connectivity index (χ4v) is 3.50. The topological polar surface area (TPSA) is 107 Å². The molecule has 0 aromatic heterocycles. The van der Waals surface area contributed by atoms with Crippen LogP contribution in [0.15, 0.2) is 72.8 Å². The molecule has 3 aromatic carbocycles. The number of carbonyl (C=O) groups excluding carboxylic acids is 1. The first-order valence-electron chi connectivity index (χ1n) is 10.5. The Morgan fingerprint density at radius 1 is 0.758 bits per heavy atom. The minimum atomic E-state index is -1.82. The molecule has 0 saturated carbocycles. The van der Waals surface area contributed by atoms with Crippen molar-refractivity contribution < 1.29 is 29.3 Å². The molecular formula is C25H26N2O6. The van der Waals surface area contributed by atoms with Crippen LogP contribution in [0.5, 0.6) is 5.75 Å². The van der Waals surface area contributed by atoms with Crippen molar-refractivity contribution in [2.75, 3.05) is 32.8 Å². The van der Waals surface area contributed by atoms with E-state index in [0.29, 0.717) is 0 Å². The lowest BCUT2D eigenvalue weighted by Gasteiger charge is -2.34. The van der Waals surface area contributed by atoms with E-state index < -0.39 is 11.9 Å². The van der Waals surface area contributed by atoms with Crippen molar-refractivity contribution in [1.29, 1.82) is 0 Å². The molecule has 3 aromatic rings. The minimum Gasteiger partial charge on any atom is -0.484 e. The zero-order valence-corrected chi connectivity index (χ0v) is 18.1. The van der Waals surface area contributed by atoms with Crippen LogP contribution in [0.2, 0.25) is 0 Å². The number of aliphatic carboxylic acids is 2. The van der Waals surface area contributed by atoms with Crippen LogP contribution in [-0.2, 0) is 20.9 Å². The van der Waals surface area contributed by atoms with Gasteiger partial charge < -0.3 is 19.8 Å². The van der Waals surface area contributed by atoms with E-state index >= 15 is 0 Å². The molecule has 1 heterocycles. The van der Waals surface area contributed by atoms with Crippen LogP contribution in [0, 0.1) is 0 Å². The Morgan fingerprint density at radius 3 is 2.00 bits per heavy atom. The lowest BCUT2D eigenvalue weighted by Crippen LogP contribution is -2.49. The van der Waals surface area contributed by atoms with E-state index in [-0.39, 0.29) is 12.5 Å². The highest BCUT2D eigenvalue weighted by Gasteiger charge is 2.21. The molecule has 1 aliphatic heterocycles. The maximum absolute atomic E-state index is 12.4. The Kier molecular flexibility index (Phi) is 8.37. The van der Waals surface area contributed by atoms with Crippen molar-refractivity contribution in [3.05, 3.63) is 78.4 Å². The van der Waals surface area contributed by atoms with Crippen LogP contribution in [0.1, 0.15) is 5.56 Å². The lowest BCUT2D eigenvalue weighted by atomic mass is 10.1. The highest BCUT2D eigenvalue weighted by Crippen LogP contribution is 2.17. The number of benzene rings is 3. The molecule has 1 aliphatic rings. The summed E-state index contributed by atoms with van der Waals surface area (Å²) in [4.78, 5) is 34.9. The van der Waals surface area contributed by atoms with Crippen molar-refractivity contribution in [3.63, 3.8) is 0 Å². The second-order valence-electron chi connectivity index (χ2n) is 7.55. The average molecular weight is 450 g/mol. The first-order chi connectivity index (χ1) is 15.9. The smallest absolute Gasteiger partial charge is 0.414 e. The number of nitrogens with zero attached hydrogens (tertiary/aromatic N) is 2. The van der Waals surface area contributed by atoms with Crippen molar-refractivity contribution >= 4 is 28.6 Å². The van der Waals surface area contributed by atoms with E-state index in [1.54, 1.807) is 0 Å². The van der Waals surface area contributed by atoms with Gasteiger partial charge in [0.1, 0.15) is 5.75 Å². The Bertz CT molecular complexity index is 1080. The predicted octanol–water partition coefficient (Wildman–Crippen LogP) is 2.72. The standard InChI is InChI=1S/C23H24N2O2.C2H2O4/c26-23(18-27-22-8-2-1-3-9-22)25-14-12-24(13-15-25)17-19-10-11-20-6-4-5-7-21(20)16-19;3-1(4)2(5)6/h1-11,16H,12-15,17-18H2;(H,3,4)(H,5,6). The molecule has 8 heteroatoms. The van der Waals surface area contributed by atoms with Crippen molar-refractivity contribution in [1.82, 2.24) is 9.80 Å². The fourth-order valence-electron chi connectivity index (χ4n) is 3.50. The number of amides is 1. The molecule has 8 nitrogen and oxygen atoms in total. The summed E-state index contributed by atoms with van der Waals surface area (Å²) in [5.74, 6) is -2.85. The van der Waals surface area contributed by atoms with Gasteiger partial charge in [-0.05, 0) is 34.5 Å². The van der Waals surface area contributed by atoms with Gasteiger partial charge in [0.2, 0.25) is 0 Å². The fraction of sp³-hybridized carbons (Fsp3) is 0.240. The molecule has 172 valence electrons. The molecule has 0 aliphatic carbocycles. The number of ether oxygens (including phenoxy) is 1. The Morgan fingerprint density at radius 2 is 1.36 bits per heavy atom. The summed E-state index contributed by atoms with van der Waals surface area (Å²) in [5, 5.41) is 17.3. The highest BCUT2D eigenvalue weighted by molar-refractivity contribution is 6.27. The summed E-state index contributed by atoms with van der Waals surface area (Å²) >= 11 is 0. The molecule has 1 fully saturated rings. The molecule has 0 atom stereocenters. The summed E-state index contributed by atoms with van der Waals surface area (Å²) in [6, 6.07) is 24.6. The largest absolute Gasteiger partial charge is 0.484 e. The SMILES string of the molecule is O=C(COc1ccccc1)N1CCN(Cc2ccc3ccccc3c2)CC1.O=C(O)C(=O)O. The number of carboxylic acid groups (broad SMARTS) is 2. The van der Waals surface area contributed by atoms with E-state index in [9.17, 15) is 4.79 Å². The van der Waals surface area contributed by atoms with Gasteiger partial charge in [-0.25, -0.2) is 9.59 Å². The molecule has 0 unspecified atom stereocenters. The molecule has 1 amide bonds. The molecule has 4 rings (SSSR count). The number of piperazine rings is 1. The van der Waals surface area contributed by atoms with Crippen molar-refractivity contribution in [2.45, 2.75) is 6.54 Å². The summed E-state index contributed by atoms with van der Waals surface area (Å²) in [7, 11) is 0. The first kappa shape index (κ1) is 23.7. The zero-order valence-electron chi connectivity index (χ0n) is 18.1. The summed E-state index contributed by atoms with van der Waals surface area (Å²) < 4.78 is 5.58. The number of carbonyl (C=O) groups is 3. The quantitative estimate of drug-likeness (QED) is 0.576. The van der Waals surface area contributed by atoms with Gasteiger partial charge in [-0.1, -0.05) is 54.6 Å². The van der Waals surface area contributed by atoms with Crippen LogP contribution in [0.3, 0.4) is 0 Å². The van der Waals surface area contributed by atoms with E-state index in [2.05, 4.69) is 47.4 Å². The number of hydrogen-bond acceptors (Lipinski definition) is 5. The molecule has 0 bridgehead atoms. The Labute approximate surface area is 191 Å². The number of rotatable bonds is 5. The lowest BCUT2D eigenvalue weighted by molar-refractivity contribution is -0.159. The highest BCUT2D eigenvalue weighted by atomic mass is 16.5. The van der Waals surface area contributed by atoms with Crippen molar-refractivity contribution in [3.8, 4) is 5.75 Å². The minimum absolute atomic E-state index is 0.0595. The van der Waals surface area contributed by atoms with Crippen LogP contribution < -0.4 is 4.74 Å². The molecule has 0 spiro atoms. The Balaban J connectivity index is 0.000000454. The average Bonchev–Trinajstić information content (AvgIpc) is 2.84. The van der Waals surface area contributed by atoms with Crippen LogP contribution in [0.4, 0.5) is 0 Å². The maximum Gasteiger partial charge on any atom is 0.414 e. The van der Waals surface area contributed by atoms with E-state index in [1.165, 1.54) is 16.3 Å². The summed E-state index contributed by atoms with van der Waals surface area (Å²) in [6.07, 6.45) is 0. The second kappa shape index (κ2) is 11.6. The molecule has 1 saturated heterocycles. The maximum atomic E-state index is 12.4. The zero-order chi connectivity index (χ0) is 23.6. The third kappa shape index (κ3) is 7.33. The monoisotopic (exact) mass is 450 g/mol. The molecular weight excluding hydrogens is 424 g/mol. The van der Waals surface area contributed by atoms with E-state index in [4.69, 9.17) is 24.5 Å². The van der Waals surface area contributed by atoms with Crippen LogP contribution >= 0.6 is 0 Å². The van der Waals surface area contributed by atoms with Gasteiger partial charge in [-0.15, -0.1) is 0 Å². The van der Waals surface area contributed by atoms with Gasteiger partial charge in [0, 0.05) is 32.7 Å². The Hall–Kier alpha value is -3.91. The number of carboxylic acids is 2. The van der Waals surface area contributed by atoms with Gasteiger partial charge >= 0.3 is 11.9 Å². The predicted molar refractivity (Wildman–Crippen MR) is 123 cm³/mol.